The van der Waals surface area contributed by atoms with Crippen LogP contribution in [-0.4, -0.2) is 10.9 Å². The highest BCUT2D eigenvalue weighted by Gasteiger charge is 2.04. The van der Waals surface area contributed by atoms with Crippen LogP contribution in [0.1, 0.15) is 39.3 Å². The summed E-state index contributed by atoms with van der Waals surface area (Å²) >= 11 is 0. The summed E-state index contributed by atoms with van der Waals surface area (Å²) in [5, 5.41) is 2.78. The molecular formula is C11H18N2O. The monoisotopic (exact) mass is 194 g/mol. The first kappa shape index (κ1) is 12.6. The van der Waals surface area contributed by atoms with Crippen molar-refractivity contribution >= 4 is 5.91 Å². The van der Waals surface area contributed by atoms with Crippen molar-refractivity contribution < 1.29 is 4.79 Å². The number of aromatic nitrogens is 1. The molecule has 1 heterocycles. The van der Waals surface area contributed by atoms with Crippen LogP contribution >= 0.6 is 0 Å². The van der Waals surface area contributed by atoms with Gasteiger partial charge in [0.2, 0.25) is 5.91 Å². The lowest BCUT2D eigenvalue weighted by molar-refractivity contribution is -0.119. The lowest BCUT2D eigenvalue weighted by atomic mass is 10.1. The van der Waals surface area contributed by atoms with Crippen LogP contribution in [-0.2, 0) is 4.79 Å². The molecule has 1 N–H and O–H groups in total. The second-order valence-corrected chi connectivity index (χ2v) is 2.71. The zero-order valence-electron chi connectivity index (χ0n) is 9.24. The van der Waals surface area contributed by atoms with Crippen molar-refractivity contribution in [2.75, 3.05) is 0 Å². The fraction of sp³-hybridized carbons (Fsp3) is 0.455. The van der Waals surface area contributed by atoms with Crippen molar-refractivity contribution in [3.63, 3.8) is 0 Å². The van der Waals surface area contributed by atoms with Gasteiger partial charge in [0.1, 0.15) is 0 Å². The van der Waals surface area contributed by atoms with Gasteiger partial charge in [-0.1, -0.05) is 19.9 Å². The van der Waals surface area contributed by atoms with E-state index < -0.39 is 0 Å². The average Bonchev–Trinajstić information content (AvgIpc) is 2.21. The SMILES string of the molecule is CC.CC(=O)NC(C)c1cccnc1. The predicted molar refractivity (Wildman–Crippen MR) is 57.8 cm³/mol. The van der Waals surface area contributed by atoms with Crippen LogP contribution in [0.15, 0.2) is 24.5 Å². The Morgan fingerprint density at radius 3 is 2.57 bits per heavy atom. The van der Waals surface area contributed by atoms with E-state index in [1.165, 1.54) is 6.92 Å². The summed E-state index contributed by atoms with van der Waals surface area (Å²) in [4.78, 5) is 14.7. The van der Waals surface area contributed by atoms with Crippen LogP contribution in [0.2, 0.25) is 0 Å². The third-order valence-corrected chi connectivity index (χ3v) is 1.60. The van der Waals surface area contributed by atoms with Gasteiger partial charge in [-0.3, -0.25) is 9.78 Å². The summed E-state index contributed by atoms with van der Waals surface area (Å²) < 4.78 is 0. The molecule has 0 aliphatic heterocycles. The second-order valence-electron chi connectivity index (χ2n) is 2.71. The molecule has 1 unspecified atom stereocenters. The first-order valence-electron chi connectivity index (χ1n) is 4.87. The molecule has 0 aliphatic rings. The van der Waals surface area contributed by atoms with Gasteiger partial charge in [0, 0.05) is 19.3 Å². The lowest BCUT2D eigenvalue weighted by Gasteiger charge is -2.11. The first-order valence-corrected chi connectivity index (χ1v) is 4.87. The van der Waals surface area contributed by atoms with E-state index in [2.05, 4.69) is 10.3 Å². The van der Waals surface area contributed by atoms with E-state index in [9.17, 15) is 4.79 Å². The Labute approximate surface area is 85.6 Å². The molecule has 1 atom stereocenters. The Morgan fingerprint density at radius 2 is 2.14 bits per heavy atom. The Hall–Kier alpha value is -1.38. The maximum atomic E-state index is 10.7. The van der Waals surface area contributed by atoms with E-state index >= 15 is 0 Å². The quantitative estimate of drug-likeness (QED) is 0.785. The van der Waals surface area contributed by atoms with Crippen molar-refractivity contribution in [2.45, 2.75) is 33.7 Å². The number of carbonyl (C=O) groups excluding carboxylic acids is 1. The van der Waals surface area contributed by atoms with E-state index in [1.54, 1.807) is 12.4 Å². The third-order valence-electron chi connectivity index (χ3n) is 1.60. The Kier molecular flexibility index (Phi) is 6.37. The van der Waals surface area contributed by atoms with E-state index in [1.807, 2.05) is 32.9 Å². The number of amides is 1. The molecule has 0 saturated heterocycles. The molecule has 1 aromatic heterocycles. The molecule has 0 fully saturated rings. The molecule has 1 aromatic rings. The van der Waals surface area contributed by atoms with Gasteiger partial charge in [0.15, 0.2) is 0 Å². The molecule has 0 radical (unpaired) electrons. The van der Waals surface area contributed by atoms with E-state index in [4.69, 9.17) is 0 Å². The summed E-state index contributed by atoms with van der Waals surface area (Å²) in [6, 6.07) is 3.83. The zero-order valence-corrected chi connectivity index (χ0v) is 9.24. The second kappa shape index (κ2) is 7.06. The fourth-order valence-corrected chi connectivity index (χ4v) is 1.02. The number of carbonyl (C=O) groups is 1. The number of nitrogens with one attached hydrogen (secondary N) is 1. The molecule has 0 aromatic carbocycles. The molecule has 78 valence electrons. The van der Waals surface area contributed by atoms with Gasteiger partial charge in [-0.05, 0) is 18.6 Å². The van der Waals surface area contributed by atoms with Crippen molar-refractivity contribution in [1.29, 1.82) is 0 Å². The number of nitrogens with zero attached hydrogens (tertiary/aromatic N) is 1. The van der Waals surface area contributed by atoms with E-state index in [0.717, 1.165) is 5.56 Å². The van der Waals surface area contributed by atoms with Gasteiger partial charge in [-0.2, -0.15) is 0 Å². The molecule has 0 saturated carbocycles. The standard InChI is InChI=1S/C9H12N2O.C2H6/c1-7(11-8(2)12)9-4-3-5-10-6-9;1-2/h3-7H,1-2H3,(H,11,12);1-2H3. The summed E-state index contributed by atoms with van der Waals surface area (Å²) in [6.45, 7) is 7.44. The summed E-state index contributed by atoms with van der Waals surface area (Å²) in [6.07, 6.45) is 3.46. The van der Waals surface area contributed by atoms with Crippen LogP contribution in [0.4, 0.5) is 0 Å². The maximum absolute atomic E-state index is 10.7. The lowest BCUT2D eigenvalue weighted by Crippen LogP contribution is -2.23. The smallest absolute Gasteiger partial charge is 0.217 e. The number of rotatable bonds is 2. The minimum atomic E-state index is -0.0219. The molecule has 0 aliphatic carbocycles. The number of pyridine rings is 1. The largest absolute Gasteiger partial charge is 0.350 e. The zero-order chi connectivity index (χ0) is 11.0. The molecular weight excluding hydrogens is 176 g/mol. The minimum absolute atomic E-state index is 0.0219. The highest BCUT2D eigenvalue weighted by molar-refractivity contribution is 5.73. The molecule has 14 heavy (non-hydrogen) atoms. The van der Waals surface area contributed by atoms with Gasteiger partial charge < -0.3 is 5.32 Å². The van der Waals surface area contributed by atoms with Crippen LogP contribution in [0, 0.1) is 0 Å². The average molecular weight is 194 g/mol. The number of hydrogen-bond donors (Lipinski definition) is 1. The third kappa shape index (κ3) is 4.60. The first-order chi connectivity index (χ1) is 6.70. The van der Waals surface area contributed by atoms with Gasteiger partial charge in [-0.25, -0.2) is 0 Å². The Balaban J connectivity index is 0.000000791. The molecule has 1 rings (SSSR count). The summed E-state index contributed by atoms with van der Waals surface area (Å²) in [7, 11) is 0. The van der Waals surface area contributed by atoms with Crippen molar-refractivity contribution in [3.05, 3.63) is 30.1 Å². The summed E-state index contributed by atoms with van der Waals surface area (Å²) in [5.41, 5.74) is 1.02. The van der Waals surface area contributed by atoms with Crippen molar-refractivity contribution in [2.24, 2.45) is 0 Å². The minimum Gasteiger partial charge on any atom is -0.350 e. The summed E-state index contributed by atoms with van der Waals surface area (Å²) in [5.74, 6) is -0.0219. The highest BCUT2D eigenvalue weighted by atomic mass is 16.1. The van der Waals surface area contributed by atoms with Crippen LogP contribution in [0.25, 0.3) is 0 Å². The van der Waals surface area contributed by atoms with Crippen LogP contribution in [0.3, 0.4) is 0 Å². The van der Waals surface area contributed by atoms with Crippen LogP contribution < -0.4 is 5.32 Å². The van der Waals surface area contributed by atoms with Gasteiger partial charge in [0.05, 0.1) is 6.04 Å². The highest BCUT2D eigenvalue weighted by Crippen LogP contribution is 2.08. The molecule has 0 bridgehead atoms. The van der Waals surface area contributed by atoms with Gasteiger partial charge >= 0.3 is 0 Å². The molecule has 0 spiro atoms. The van der Waals surface area contributed by atoms with Crippen molar-refractivity contribution in [1.82, 2.24) is 10.3 Å². The topological polar surface area (TPSA) is 42.0 Å². The van der Waals surface area contributed by atoms with Gasteiger partial charge in [0.25, 0.3) is 0 Å². The Bertz CT molecular complexity index is 259. The maximum Gasteiger partial charge on any atom is 0.217 e. The fourth-order valence-electron chi connectivity index (χ4n) is 1.02. The van der Waals surface area contributed by atoms with Crippen molar-refractivity contribution in [3.8, 4) is 0 Å². The molecule has 3 nitrogen and oxygen atoms in total. The molecule has 1 amide bonds. The number of hydrogen-bond acceptors (Lipinski definition) is 2. The van der Waals surface area contributed by atoms with E-state index in [0.29, 0.717) is 0 Å². The van der Waals surface area contributed by atoms with Crippen LogP contribution in [0.5, 0.6) is 0 Å². The molecule has 3 heteroatoms. The van der Waals surface area contributed by atoms with Gasteiger partial charge in [-0.15, -0.1) is 0 Å². The predicted octanol–water partition coefficient (Wildman–Crippen LogP) is 2.30. The van der Waals surface area contributed by atoms with E-state index in [-0.39, 0.29) is 11.9 Å². The Morgan fingerprint density at radius 1 is 1.50 bits per heavy atom. The normalized spacial score (nSPS) is 10.9.